The Hall–Kier alpha value is -2.95. The predicted molar refractivity (Wildman–Crippen MR) is 78.5 cm³/mol. The molecule has 3 rings (SSSR count). The van der Waals surface area contributed by atoms with E-state index < -0.39 is 5.97 Å². The van der Waals surface area contributed by atoms with E-state index in [0.717, 1.165) is 16.8 Å². The van der Waals surface area contributed by atoms with Gasteiger partial charge < -0.3 is 5.11 Å². The minimum absolute atomic E-state index is 0.0539. The third-order valence-corrected chi connectivity index (χ3v) is 3.13. The lowest BCUT2D eigenvalue weighted by Crippen LogP contribution is -2.02. The standard InChI is InChI=1S/C16H13N3O2/c1-11-7-9-13(10-8-11)19-17-14(15(18-19)16(20)21)12-5-3-2-4-6-12/h2-10H,1H3,(H,20,21). The molecule has 1 aromatic heterocycles. The van der Waals surface area contributed by atoms with Crippen LogP contribution >= 0.6 is 0 Å². The van der Waals surface area contributed by atoms with E-state index in [0.29, 0.717) is 5.69 Å². The van der Waals surface area contributed by atoms with Crippen molar-refractivity contribution in [2.75, 3.05) is 0 Å². The molecule has 5 heteroatoms. The lowest BCUT2D eigenvalue weighted by Gasteiger charge is -1.99. The highest BCUT2D eigenvalue weighted by Crippen LogP contribution is 2.21. The van der Waals surface area contributed by atoms with Crippen molar-refractivity contribution in [1.82, 2.24) is 15.0 Å². The second-order valence-electron chi connectivity index (χ2n) is 4.69. The van der Waals surface area contributed by atoms with E-state index in [1.165, 1.54) is 4.80 Å². The highest BCUT2D eigenvalue weighted by Gasteiger charge is 2.19. The first-order chi connectivity index (χ1) is 10.1. The van der Waals surface area contributed by atoms with Crippen LogP contribution in [0, 0.1) is 6.92 Å². The van der Waals surface area contributed by atoms with Crippen molar-refractivity contribution < 1.29 is 9.90 Å². The normalized spacial score (nSPS) is 10.5. The largest absolute Gasteiger partial charge is 0.476 e. The number of carbonyl (C=O) groups is 1. The van der Waals surface area contributed by atoms with Crippen molar-refractivity contribution in [3.63, 3.8) is 0 Å². The van der Waals surface area contributed by atoms with Crippen LogP contribution in [0.15, 0.2) is 54.6 Å². The first kappa shape index (κ1) is 13.1. The molecule has 3 aromatic rings. The maximum absolute atomic E-state index is 11.4. The van der Waals surface area contributed by atoms with Gasteiger partial charge in [-0.2, -0.15) is 4.80 Å². The van der Waals surface area contributed by atoms with Gasteiger partial charge >= 0.3 is 5.97 Å². The van der Waals surface area contributed by atoms with E-state index in [-0.39, 0.29) is 5.69 Å². The molecule has 0 radical (unpaired) electrons. The summed E-state index contributed by atoms with van der Waals surface area (Å²) in [5, 5.41) is 17.7. The van der Waals surface area contributed by atoms with Gasteiger partial charge in [0.2, 0.25) is 0 Å². The molecule has 0 aliphatic heterocycles. The SMILES string of the molecule is Cc1ccc(-n2nc(C(=O)O)c(-c3ccccc3)n2)cc1. The first-order valence-corrected chi connectivity index (χ1v) is 6.48. The number of hydrogen-bond donors (Lipinski definition) is 1. The number of aromatic nitrogens is 3. The van der Waals surface area contributed by atoms with Crippen molar-refractivity contribution in [3.05, 3.63) is 65.9 Å². The fourth-order valence-electron chi connectivity index (χ4n) is 2.03. The van der Waals surface area contributed by atoms with Gasteiger partial charge in [0.15, 0.2) is 5.69 Å². The highest BCUT2D eigenvalue weighted by atomic mass is 16.4. The van der Waals surface area contributed by atoms with Crippen molar-refractivity contribution >= 4 is 5.97 Å². The fourth-order valence-corrected chi connectivity index (χ4v) is 2.03. The lowest BCUT2D eigenvalue weighted by molar-refractivity contribution is 0.0691. The van der Waals surface area contributed by atoms with Crippen LogP contribution in [-0.4, -0.2) is 26.1 Å². The van der Waals surface area contributed by atoms with E-state index in [1.54, 1.807) is 0 Å². The van der Waals surface area contributed by atoms with Gasteiger partial charge in [0, 0.05) is 5.56 Å². The molecule has 1 N–H and O–H groups in total. The fraction of sp³-hybridized carbons (Fsp3) is 0.0625. The van der Waals surface area contributed by atoms with E-state index in [1.807, 2.05) is 61.5 Å². The number of aryl methyl sites for hydroxylation is 1. The van der Waals surface area contributed by atoms with Crippen LogP contribution in [-0.2, 0) is 0 Å². The molecule has 0 unspecified atom stereocenters. The maximum Gasteiger partial charge on any atom is 0.358 e. The van der Waals surface area contributed by atoms with E-state index >= 15 is 0 Å². The number of rotatable bonds is 3. The van der Waals surface area contributed by atoms with Gasteiger partial charge in [-0.3, -0.25) is 0 Å². The summed E-state index contributed by atoms with van der Waals surface area (Å²) in [5.41, 5.74) is 2.89. The average molecular weight is 279 g/mol. The third-order valence-electron chi connectivity index (χ3n) is 3.13. The molecular weight excluding hydrogens is 266 g/mol. The number of hydrogen-bond acceptors (Lipinski definition) is 3. The summed E-state index contributed by atoms with van der Waals surface area (Å²) in [6, 6.07) is 16.8. The minimum Gasteiger partial charge on any atom is -0.476 e. The molecule has 0 atom stereocenters. The molecule has 0 aliphatic carbocycles. The molecular formula is C16H13N3O2. The van der Waals surface area contributed by atoms with Gasteiger partial charge in [-0.1, -0.05) is 48.0 Å². The summed E-state index contributed by atoms with van der Waals surface area (Å²) >= 11 is 0. The van der Waals surface area contributed by atoms with E-state index in [9.17, 15) is 9.90 Å². The van der Waals surface area contributed by atoms with Crippen molar-refractivity contribution in [3.8, 4) is 16.9 Å². The molecule has 1 heterocycles. The van der Waals surface area contributed by atoms with E-state index in [4.69, 9.17) is 0 Å². The Morgan fingerprint density at radius 2 is 1.67 bits per heavy atom. The van der Waals surface area contributed by atoms with Crippen molar-refractivity contribution in [2.45, 2.75) is 6.92 Å². The summed E-state index contributed by atoms with van der Waals surface area (Å²) in [7, 11) is 0. The predicted octanol–water partition coefficient (Wildman–Crippen LogP) is 2.94. The average Bonchev–Trinajstić information content (AvgIpc) is 2.94. The maximum atomic E-state index is 11.4. The number of nitrogens with zero attached hydrogens (tertiary/aromatic N) is 3. The van der Waals surface area contributed by atoms with Gasteiger partial charge in [-0.25, -0.2) is 4.79 Å². The van der Waals surface area contributed by atoms with Gasteiger partial charge in [0.25, 0.3) is 0 Å². The molecule has 0 aliphatic rings. The van der Waals surface area contributed by atoms with Gasteiger partial charge in [0.1, 0.15) is 5.69 Å². The Labute approximate surface area is 121 Å². The van der Waals surface area contributed by atoms with Crippen LogP contribution in [0.1, 0.15) is 16.1 Å². The molecule has 104 valence electrons. The Balaban J connectivity index is 2.13. The first-order valence-electron chi connectivity index (χ1n) is 6.48. The second kappa shape index (κ2) is 5.20. The van der Waals surface area contributed by atoms with Crippen LogP contribution in [0.5, 0.6) is 0 Å². The third kappa shape index (κ3) is 2.53. The summed E-state index contributed by atoms with van der Waals surface area (Å²) in [4.78, 5) is 12.7. The molecule has 21 heavy (non-hydrogen) atoms. The molecule has 5 nitrogen and oxygen atoms in total. The quantitative estimate of drug-likeness (QED) is 0.800. The van der Waals surface area contributed by atoms with E-state index in [2.05, 4.69) is 10.2 Å². The van der Waals surface area contributed by atoms with Crippen LogP contribution in [0.2, 0.25) is 0 Å². The molecule has 0 bridgehead atoms. The van der Waals surface area contributed by atoms with Crippen molar-refractivity contribution in [1.29, 1.82) is 0 Å². The number of carboxylic acid groups (broad SMARTS) is 1. The van der Waals surface area contributed by atoms with Crippen LogP contribution in [0.3, 0.4) is 0 Å². The summed E-state index contributed by atoms with van der Waals surface area (Å²) in [6.45, 7) is 1.98. The molecule has 0 saturated heterocycles. The number of carboxylic acids is 1. The Morgan fingerprint density at radius 1 is 1.00 bits per heavy atom. The minimum atomic E-state index is -1.09. The molecule has 2 aromatic carbocycles. The zero-order valence-electron chi connectivity index (χ0n) is 11.4. The zero-order chi connectivity index (χ0) is 14.8. The lowest BCUT2D eigenvalue weighted by atomic mass is 10.1. The number of benzene rings is 2. The monoisotopic (exact) mass is 279 g/mol. The van der Waals surface area contributed by atoms with Gasteiger partial charge in [0.05, 0.1) is 5.69 Å². The topological polar surface area (TPSA) is 68.0 Å². The Bertz CT molecular complexity index is 777. The van der Waals surface area contributed by atoms with Crippen molar-refractivity contribution in [2.24, 2.45) is 0 Å². The zero-order valence-corrected chi connectivity index (χ0v) is 11.4. The van der Waals surface area contributed by atoms with Crippen LogP contribution in [0.4, 0.5) is 0 Å². The molecule has 0 spiro atoms. The Kier molecular flexibility index (Phi) is 3.23. The number of aromatic carboxylic acids is 1. The molecule has 0 saturated carbocycles. The van der Waals surface area contributed by atoms with Gasteiger partial charge in [-0.05, 0) is 19.1 Å². The summed E-state index contributed by atoms with van der Waals surface area (Å²) < 4.78 is 0. The highest BCUT2D eigenvalue weighted by molar-refractivity contribution is 5.92. The smallest absolute Gasteiger partial charge is 0.358 e. The van der Waals surface area contributed by atoms with Gasteiger partial charge in [-0.15, -0.1) is 10.2 Å². The second-order valence-corrected chi connectivity index (χ2v) is 4.69. The Morgan fingerprint density at radius 3 is 2.29 bits per heavy atom. The summed E-state index contributed by atoms with van der Waals surface area (Å²) in [6.07, 6.45) is 0. The molecule has 0 fully saturated rings. The summed E-state index contributed by atoms with van der Waals surface area (Å²) in [5.74, 6) is -1.09. The van der Waals surface area contributed by atoms with Crippen LogP contribution < -0.4 is 0 Å². The van der Waals surface area contributed by atoms with Crippen LogP contribution in [0.25, 0.3) is 16.9 Å². The molecule has 0 amide bonds.